The first-order valence-electron chi connectivity index (χ1n) is 5.14. The maximum atomic E-state index is 11.3. The van der Waals surface area contributed by atoms with Gasteiger partial charge in [0, 0.05) is 0 Å². The minimum absolute atomic E-state index is 0.0379. The first-order chi connectivity index (χ1) is 6.55. The van der Waals surface area contributed by atoms with E-state index in [1.807, 2.05) is 0 Å². The van der Waals surface area contributed by atoms with Gasteiger partial charge in [0.05, 0.1) is 11.9 Å². The highest BCUT2D eigenvalue weighted by Gasteiger charge is 2.28. The molecule has 4 nitrogen and oxygen atoms in total. The Bertz CT molecular complexity index is 260. The molecule has 1 aliphatic carbocycles. The van der Waals surface area contributed by atoms with Gasteiger partial charge in [0.25, 0.3) is 10.1 Å². The van der Waals surface area contributed by atoms with Crippen molar-refractivity contribution in [2.45, 2.75) is 51.2 Å². The van der Waals surface area contributed by atoms with E-state index in [2.05, 4.69) is 0 Å². The van der Waals surface area contributed by atoms with Gasteiger partial charge >= 0.3 is 0 Å². The summed E-state index contributed by atoms with van der Waals surface area (Å²) in [7, 11) is -3.42. The molecule has 0 aromatic heterocycles. The van der Waals surface area contributed by atoms with Gasteiger partial charge in [-0.3, -0.25) is 4.18 Å². The fourth-order valence-electron chi connectivity index (χ4n) is 1.68. The summed E-state index contributed by atoms with van der Waals surface area (Å²) < 4.78 is 27.6. The summed E-state index contributed by atoms with van der Waals surface area (Å²) in [6.07, 6.45) is 2.59. The third-order valence-corrected chi connectivity index (χ3v) is 3.84. The second-order valence-corrected chi connectivity index (χ2v) is 5.46. The minimum atomic E-state index is -3.42. The maximum absolute atomic E-state index is 11.3. The molecule has 1 aliphatic rings. The number of rotatable bonds is 4. The molecule has 1 N–H and O–H groups in total. The largest absolute Gasteiger partial charge is 0.390 e. The van der Waals surface area contributed by atoms with Crippen molar-refractivity contribution in [3.63, 3.8) is 0 Å². The predicted molar refractivity (Wildman–Crippen MR) is 53.4 cm³/mol. The summed E-state index contributed by atoms with van der Waals surface area (Å²) in [4.78, 5) is 0. The third kappa shape index (κ3) is 3.55. The number of hydrogen-bond acceptors (Lipinski definition) is 4. The molecular formula is C9H18O4S. The Labute approximate surface area is 85.4 Å². The Balaban J connectivity index is 2.49. The van der Waals surface area contributed by atoms with E-state index in [4.69, 9.17) is 4.18 Å². The molecule has 0 saturated heterocycles. The Kier molecular flexibility index (Phi) is 4.34. The average Bonchev–Trinajstić information content (AvgIpc) is 2.08. The standard InChI is InChI=1S/C9H18O4S/c1-2-7-14(11,12)13-9-6-4-3-5-8(9)10/h8-10H,2-7H2,1H3. The molecular weight excluding hydrogens is 204 g/mol. The Morgan fingerprint density at radius 1 is 1.36 bits per heavy atom. The first kappa shape index (κ1) is 11.9. The van der Waals surface area contributed by atoms with E-state index >= 15 is 0 Å². The highest BCUT2D eigenvalue weighted by molar-refractivity contribution is 7.86. The van der Waals surface area contributed by atoms with Crippen LogP contribution in [0.25, 0.3) is 0 Å². The fourth-order valence-corrected chi connectivity index (χ4v) is 2.87. The molecule has 1 fully saturated rings. The molecule has 1 rings (SSSR count). The van der Waals surface area contributed by atoms with Gasteiger partial charge in [-0.05, 0) is 19.3 Å². The van der Waals surface area contributed by atoms with Crippen LogP contribution in [-0.4, -0.2) is 31.5 Å². The summed E-state index contributed by atoms with van der Waals surface area (Å²) in [5, 5.41) is 9.51. The van der Waals surface area contributed by atoms with Crippen LogP contribution >= 0.6 is 0 Å². The van der Waals surface area contributed by atoms with Crippen molar-refractivity contribution < 1.29 is 17.7 Å². The quantitative estimate of drug-likeness (QED) is 0.722. The van der Waals surface area contributed by atoms with Crippen molar-refractivity contribution in [2.24, 2.45) is 0 Å². The lowest BCUT2D eigenvalue weighted by Crippen LogP contribution is -2.34. The fraction of sp³-hybridized carbons (Fsp3) is 1.00. The normalized spacial score (nSPS) is 29.0. The van der Waals surface area contributed by atoms with Crippen LogP contribution < -0.4 is 0 Å². The second kappa shape index (κ2) is 5.09. The van der Waals surface area contributed by atoms with E-state index in [1.165, 1.54) is 0 Å². The lowest BCUT2D eigenvalue weighted by molar-refractivity contribution is 0.0105. The molecule has 2 unspecified atom stereocenters. The van der Waals surface area contributed by atoms with Gasteiger partial charge < -0.3 is 5.11 Å². The maximum Gasteiger partial charge on any atom is 0.267 e. The van der Waals surface area contributed by atoms with Gasteiger partial charge in [0.15, 0.2) is 0 Å². The zero-order valence-electron chi connectivity index (χ0n) is 8.48. The zero-order valence-corrected chi connectivity index (χ0v) is 9.29. The molecule has 0 aromatic carbocycles. The van der Waals surface area contributed by atoms with Gasteiger partial charge in [0.1, 0.15) is 6.10 Å². The topological polar surface area (TPSA) is 63.6 Å². The average molecular weight is 222 g/mol. The van der Waals surface area contributed by atoms with E-state index in [-0.39, 0.29) is 5.75 Å². The summed E-state index contributed by atoms with van der Waals surface area (Å²) in [6.45, 7) is 1.79. The van der Waals surface area contributed by atoms with Crippen LogP contribution in [-0.2, 0) is 14.3 Å². The molecule has 0 heterocycles. The number of aliphatic hydroxyl groups is 1. The van der Waals surface area contributed by atoms with Gasteiger partial charge in [0.2, 0.25) is 0 Å². The molecule has 0 bridgehead atoms. The summed E-state index contributed by atoms with van der Waals surface area (Å²) in [5.41, 5.74) is 0. The second-order valence-electron chi connectivity index (χ2n) is 3.75. The Hall–Kier alpha value is -0.130. The van der Waals surface area contributed by atoms with Crippen molar-refractivity contribution in [1.29, 1.82) is 0 Å². The molecule has 5 heteroatoms. The lowest BCUT2D eigenvalue weighted by atomic mass is 9.95. The number of hydrogen-bond donors (Lipinski definition) is 1. The Morgan fingerprint density at radius 3 is 2.57 bits per heavy atom. The SMILES string of the molecule is CCCS(=O)(=O)OC1CCCCC1O. The third-order valence-electron chi connectivity index (χ3n) is 2.39. The minimum Gasteiger partial charge on any atom is -0.390 e. The molecule has 0 spiro atoms. The molecule has 0 aliphatic heterocycles. The number of aliphatic hydroxyl groups excluding tert-OH is 1. The van der Waals surface area contributed by atoms with Gasteiger partial charge in [-0.25, -0.2) is 0 Å². The van der Waals surface area contributed by atoms with E-state index in [0.29, 0.717) is 19.3 Å². The van der Waals surface area contributed by atoms with Gasteiger partial charge in [-0.15, -0.1) is 0 Å². The molecule has 1 saturated carbocycles. The summed E-state index contributed by atoms with van der Waals surface area (Å²) in [5.74, 6) is 0.0379. The molecule has 2 atom stereocenters. The van der Waals surface area contributed by atoms with Crippen LogP contribution in [0, 0.1) is 0 Å². The predicted octanol–water partition coefficient (Wildman–Crippen LogP) is 1.05. The van der Waals surface area contributed by atoms with Crippen molar-refractivity contribution >= 4 is 10.1 Å². The molecule has 84 valence electrons. The summed E-state index contributed by atoms with van der Waals surface area (Å²) >= 11 is 0. The van der Waals surface area contributed by atoms with Crippen LogP contribution in [0.4, 0.5) is 0 Å². The van der Waals surface area contributed by atoms with Crippen LogP contribution in [0.15, 0.2) is 0 Å². The molecule has 14 heavy (non-hydrogen) atoms. The Morgan fingerprint density at radius 2 is 2.00 bits per heavy atom. The van der Waals surface area contributed by atoms with Gasteiger partial charge in [-0.2, -0.15) is 8.42 Å². The van der Waals surface area contributed by atoms with E-state index in [0.717, 1.165) is 12.8 Å². The van der Waals surface area contributed by atoms with E-state index in [9.17, 15) is 13.5 Å². The van der Waals surface area contributed by atoms with Crippen LogP contribution in [0.2, 0.25) is 0 Å². The van der Waals surface area contributed by atoms with E-state index < -0.39 is 22.3 Å². The van der Waals surface area contributed by atoms with E-state index in [1.54, 1.807) is 6.92 Å². The molecule has 0 radical (unpaired) electrons. The first-order valence-corrected chi connectivity index (χ1v) is 6.72. The molecule has 0 aromatic rings. The lowest BCUT2D eigenvalue weighted by Gasteiger charge is -2.26. The highest BCUT2D eigenvalue weighted by atomic mass is 32.2. The van der Waals surface area contributed by atoms with Crippen molar-refractivity contribution in [2.75, 3.05) is 5.75 Å². The van der Waals surface area contributed by atoms with Crippen molar-refractivity contribution in [3.05, 3.63) is 0 Å². The van der Waals surface area contributed by atoms with Gasteiger partial charge in [-0.1, -0.05) is 19.8 Å². The van der Waals surface area contributed by atoms with Crippen LogP contribution in [0.5, 0.6) is 0 Å². The van der Waals surface area contributed by atoms with Crippen molar-refractivity contribution in [1.82, 2.24) is 0 Å². The monoisotopic (exact) mass is 222 g/mol. The highest BCUT2D eigenvalue weighted by Crippen LogP contribution is 2.22. The van der Waals surface area contributed by atoms with Crippen LogP contribution in [0.1, 0.15) is 39.0 Å². The smallest absolute Gasteiger partial charge is 0.267 e. The van der Waals surface area contributed by atoms with Crippen LogP contribution in [0.3, 0.4) is 0 Å². The molecule has 0 amide bonds. The summed E-state index contributed by atoms with van der Waals surface area (Å²) in [6, 6.07) is 0. The van der Waals surface area contributed by atoms with Crippen molar-refractivity contribution in [3.8, 4) is 0 Å². The zero-order chi connectivity index (χ0) is 10.6.